The number of nitrogens with one attached hydrogen (secondary N) is 3. The Morgan fingerprint density at radius 3 is 2.35 bits per heavy atom. The van der Waals surface area contributed by atoms with Gasteiger partial charge in [0.05, 0.1) is 12.5 Å². The van der Waals surface area contributed by atoms with Gasteiger partial charge in [-0.3, -0.25) is 14.5 Å². The highest BCUT2D eigenvalue weighted by Gasteiger charge is 2.26. The van der Waals surface area contributed by atoms with Crippen LogP contribution in [0.5, 0.6) is 0 Å². The molecule has 1 atom stereocenters. The predicted octanol–water partition coefficient (Wildman–Crippen LogP) is 2.82. The minimum absolute atomic E-state index is 0.0126. The SMILES string of the molecule is CC(C)c1ccc(CCNC(=O)CN2CCCC(C(=O)NCCNC(=O)OC(C)(C)C)C2)cc1. The zero-order valence-corrected chi connectivity index (χ0v) is 21.4. The molecule has 1 unspecified atom stereocenters. The second-order valence-corrected chi connectivity index (χ2v) is 10.3. The summed E-state index contributed by atoms with van der Waals surface area (Å²) in [6.07, 6.45) is 1.98. The van der Waals surface area contributed by atoms with Crippen molar-refractivity contribution in [3.05, 3.63) is 35.4 Å². The lowest BCUT2D eigenvalue weighted by molar-refractivity contribution is -0.128. The van der Waals surface area contributed by atoms with Gasteiger partial charge in [-0.2, -0.15) is 0 Å². The quantitative estimate of drug-likeness (QED) is 0.453. The van der Waals surface area contributed by atoms with Crippen LogP contribution >= 0.6 is 0 Å². The molecule has 0 spiro atoms. The monoisotopic (exact) mass is 474 g/mol. The Bertz CT molecular complexity index is 802. The van der Waals surface area contributed by atoms with Crippen LogP contribution < -0.4 is 16.0 Å². The molecule has 0 bridgehead atoms. The summed E-state index contributed by atoms with van der Waals surface area (Å²) in [5, 5.41) is 8.50. The molecule has 8 nitrogen and oxygen atoms in total. The number of carbonyl (C=O) groups excluding carboxylic acids is 3. The van der Waals surface area contributed by atoms with E-state index in [1.165, 1.54) is 11.1 Å². The molecule has 1 aromatic carbocycles. The first kappa shape index (κ1) is 27.6. The molecule has 3 N–H and O–H groups in total. The highest BCUT2D eigenvalue weighted by Crippen LogP contribution is 2.17. The summed E-state index contributed by atoms with van der Waals surface area (Å²) < 4.78 is 5.17. The van der Waals surface area contributed by atoms with Crippen LogP contribution in [-0.2, 0) is 20.7 Å². The van der Waals surface area contributed by atoms with E-state index in [0.29, 0.717) is 38.6 Å². The first-order valence-corrected chi connectivity index (χ1v) is 12.4. The molecule has 1 aromatic rings. The number of rotatable bonds is 10. The molecule has 8 heteroatoms. The van der Waals surface area contributed by atoms with Crippen molar-refractivity contribution in [2.45, 2.75) is 65.4 Å². The topological polar surface area (TPSA) is 99.8 Å². The fraction of sp³-hybridized carbons (Fsp3) is 0.654. The molecule has 190 valence electrons. The van der Waals surface area contributed by atoms with E-state index in [9.17, 15) is 14.4 Å². The van der Waals surface area contributed by atoms with Crippen LogP contribution in [0.25, 0.3) is 0 Å². The highest BCUT2D eigenvalue weighted by molar-refractivity contribution is 5.80. The number of amides is 3. The number of ether oxygens (including phenoxy) is 1. The minimum atomic E-state index is -0.551. The first-order valence-electron chi connectivity index (χ1n) is 12.4. The summed E-state index contributed by atoms with van der Waals surface area (Å²) in [4.78, 5) is 38.6. The molecule has 0 aromatic heterocycles. The van der Waals surface area contributed by atoms with Gasteiger partial charge in [0.25, 0.3) is 0 Å². The highest BCUT2D eigenvalue weighted by atomic mass is 16.6. The Kier molecular flexibility index (Phi) is 10.8. The molecule has 2 rings (SSSR count). The van der Waals surface area contributed by atoms with Crippen molar-refractivity contribution in [1.82, 2.24) is 20.9 Å². The summed E-state index contributed by atoms with van der Waals surface area (Å²) in [6.45, 7) is 12.7. The lowest BCUT2D eigenvalue weighted by Crippen LogP contribution is -2.47. The molecule has 1 aliphatic heterocycles. The molecule has 1 saturated heterocycles. The third-order valence-electron chi connectivity index (χ3n) is 5.72. The molecule has 34 heavy (non-hydrogen) atoms. The van der Waals surface area contributed by atoms with E-state index in [-0.39, 0.29) is 17.7 Å². The maximum Gasteiger partial charge on any atom is 0.407 e. The molecule has 0 radical (unpaired) electrons. The Hall–Kier alpha value is -2.61. The maximum absolute atomic E-state index is 12.5. The van der Waals surface area contributed by atoms with Gasteiger partial charge in [0.1, 0.15) is 5.60 Å². The van der Waals surface area contributed by atoms with E-state index in [1.807, 2.05) is 4.90 Å². The number of carbonyl (C=O) groups is 3. The Labute approximate surface area is 204 Å². The van der Waals surface area contributed by atoms with Crippen molar-refractivity contribution in [3.63, 3.8) is 0 Å². The molecular weight excluding hydrogens is 432 g/mol. The van der Waals surface area contributed by atoms with Gasteiger partial charge in [-0.05, 0) is 63.6 Å². The summed E-state index contributed by atoms with van der Waals surface area (Å²) in [7, 11) is 0. The maximum atomic E-state index is 12.5. The van der Waals surface area contributed by atoms with E-state index >= 15 is 0 Å². The Morgan fingerprint density at radius 1 is 1.03 bits per heavy atom. The van der Waals surface area contributed by atoms with Crippen LogP contribution in [0.4, 0.5) is 4.79 Å². The number of nitrogens with zero attached hydrogens (tertiary/aromatic N) is 1. The number of piperidine rings is 1. The van der Waals surface area contributed by atoms with E-state index < -0.39 is 11.7 Å². The number of hydrogen-bond acceptors (Lipinski definition) is 5. The second kappa shape index (κ2) is 13.3. The average Bonchev–Trinajstić information content (AvgIpc) is 2.76. The van der Waals surface area contributed by atoms with Crippen molar-refractivity contribution < 1.29 is 19.1 Å². The van der Waals surface area contributed by atoms with Gasteiger partial charge >= 0.3 is 6.09 Å². The molecular formula is C26H42N4O4. The van der Waals surface area contributed by atoms with E-state index in [2.05, 4.69) is 54.1 Å². The molecule has 1 aliphatic rings. The fourth-order valence-corrected chi connectivity index (χ4v) is 3.90. The third-order valence-corrected chi connectivity index (χ3v) is 5.72. The standard InChI is InChI=1S/C26H42N4O4/c1-19(2)21-10-8-20(9-11-21)12-13-27-23(31)18-30-16-6-7-22(17-30)24(32)28-14-15-29-25(33)34-26(3,4)5/h8-11,19,22H,6-7,12-18H2,1-5H3,(H,27,31)(H,28,32)(H,29,33). The zero-order chi connectivity index (χ0) is 25.1. The predicted molar refractivity (Wildman–Crippen MR) is 134 cm³/mol. The number of alkyl carbamates (subject to hydrolysis) is 1. The van der Waals surface area contributed by atoms with Crippen molar-refractivity contribution in [1.29, 1.82) is 0 Å². The number of benzene rings is 1. The number of hydrogen-bond donors (Lipinski definition) is 3. The molecule has 0 aliphatic carbocycles. The van der Waals surface area contributed by atoms with Crippen LogP contribution in [-0.4, -0.2) is 67.7 Å². The van der Waals surface area contributed by atoms with Gasteiger partial charge in [-0.1, -0.05) is 38.1 Å². The van der Waals surface area contributed by atoms with Gasteiger partial charge in [-0.25, -0.2) is 4.79 Å². The minimum Gasteiger partial charge on any atom is -0.444 e. The van der Waals surface area contributed by atoms with Crippen LogP contribution in [0.2, 0.25) is 0 Å². The third kappa shape index (κ3) is 10.5. The summed E-state index contributed by atoms with van der Waals surface area (Å²) in [6, 6.07) is 8.54. The summed E-state index contributed by atoms with van der Waals surface area (Å²) in [5.74, 6) is 0.308. The lowest BCUT2D eigenvalue weighted by atomic mass is 9.97. The van der Waals surface area contributed by atoms with Crippen molar-refractivity contribution >= 4 is 17.9 Å². The Balaban J connectivity index is 1.64. The first-order chi connectivity index (χ1) is 16.0. The lowest BCUT2D eigenvalue weighted by Gasteiger charge is -2.31. The molecule has 3 amide bonds. The second-order valence-electron chi connectivity index (χ2n) is 10.3. The van der Waals surface area contributed by atoms with Gasteiger partial charge in [0.2, 0.25) is 11.8 Å². The van der Waals surface area contributed by atoms with Crippen LogP contribution in [0.1, 0.15) is 64.5 Å². The van der Waals surface area contributed by atoms with Gasteiger partial charge < -0.3 is 20.7 Å². The van der Waals surface area contributed by atoms with E-state index in [0.717, 1.165) is 25.8 Å². The molecule has 1 heterocycles. The van der Waals surface area contributed by atoms with Crippen LogP contribution in [0.15, 0.2) is 24.3 Å². The normalized spacial score (nSPS) is 16.7. The number of likely N-dealkylation sites (tertiary alicyclic amines) is 1. The summed E-state index contributed by atoms with van der Waals surface area (Å²) >= 11 is 0. The zero-order valence-electron chi connectivity index (χ0n) is 21.4. The molecule has 0 saturated carbocycles. The smallest absolute Gasteiger partial charge is 0.407 e. The Morgan fingerprint density at radius 2 is 1.71 bits per heavy atom. The molecule has 1 fully saturated rings. The fourth-order valence-electron chi connectivity index (χ4n) is 3.90. The summed E-state index contributed by atoms with van der Waals surface area (Å²) in [5.41, 5.74) is 1.97. The van der Waals surface area contributed by atoms with Crippen molar-refractivity contribution in [3.8, 4) is 0 Å². The van der Waals surface area contributed by atoms with E-state index in [4.69, 9.17) is 4.74 Å². The van der Waals surface area contributed by atoms with Gasteiger partial charge in [-0.15, -0.1) is 0 Å². The van der Waals surface area contributed by atoms with E-state index in [1.54, 1.807) is 20.8 Å². The van der Waals surface area contributed by atoms with Crippen molar-refractivity contribution in [2.24, 2.45) is 5.92 Å². The average molecular weight is 475 g/mol. The van der Waals surface area contributed by atoms with Crippen molar-refractivity contribution in [2.75, 3.05) is 39.3 Å². The van der Waals surface area contributed by atoms with Crippen LogP contribution in [0, 0.1) is 5.92 Å². The van der Waals surface area contributed by atoms with Crippen LogP contribution in [0.3, 0.4) is 0 Å². The largest absolute Gasteiger partial charge is 0.444 e. The van der Waals surface area contributed by atoms with Gasteiger partial charge in [0.15, 0.2) is 0 Å². The van der Waals surface area contributed by atoms with Gasteiger partial charge in [0, 0.05) is 26.2 Å².